The molecule has 0 unspecified atom stereocenters. The summed E-state index contributed by atoms with van der Waals surface area (Å²) in [6.45, 7) is 0. The Morgan fingerprint density at radius 1 is 1.23 bits per heavy atom. The van der Waals surface area contributed by atoms with Gasteiger partial charge in [-0.05, 0) is 35.7 Å². The van der Waals surface area contributed by atoms with Gasteiger partial charge >= 0.3 is 0 Å². The Labute approximate surface area is 127 Å². The minimum absolute atomic E-state index is 0.109. The number of terminal acetylenes is 1. The molecule has 0 aliphatic carbocycles. The van der Waals surface area contributed by atoms with Gasteiger partial charge in [-0.25, -0.2) is 0 Å². The average Bonchev–Trinajstić information content (AvgIpc) is 2.54. The highest BCUT2D eigenvalue weighted by molar-refractivity contribution is 5.88. The lowest BCUT2D eigenvalue weighted by Gasteiger charge is -2.10. The van der Waals surface area contributed by atoms with Gasteiger partial charge in [-0.2, -0.15) is 0 Å². The molecule has 3 rings (SSSR count). The van der Waals surface area contributed by atoms with E-state index in [0.29, 0.717) is 22.4 Å². The number of rotatable bonds is 2. The highest BCUT2D eigenvalue weighted by Crippen LogP contribution is 2.28. The van der Waals surface area contributed by atoms with Crippen molar-refractivity contribution in [3.05, 3.63) is 64.6 Å². The molecule has 1 N–H and O–H groups in total. The van der Waals surface area contributed by atoms with E-state index in [1.807, 2.05) is 0 Å². The number of methoxy groups -OCH3 is 1. The lowest BCUT2D eigenvalue weighted by Crippen LogP contribution is -2.17. The number of fused-ring (bicyclic) bond motifs is 1. The first-order valence-electron chi connectivity index (χ1n) is 6.63. The third-order valence-electron chi connectivity index (χ3n) is 3.48. The second-order valence-electron chi connectivity index (χ2n) is 4.80. The minimum atomic E-state index is -0.313. The molecular formula is C18H13NO3. The zero-order valence-corrected chi connectivity index (χ0v) is 11.9. The average molecular weight is 291 g/mol. The monoisotopic (exact) mass is 291 g/mol. The van der Waals surface area contributed by atoms with Gasteiger partial charge in [-0.1, -0.05) is 12.0 Å². The van der Waals surface area contributed by atoms with Crippen LogP contribution < -0.4 is 10.3 Å². The summed E-state index contributed by atoms with van der Waals surface area (Å²) in [6.07, 6.45) is 7.04. The molecule has 0 aliphatic heterocycles. The molecule has 4 heteroatoms. The van der Waals surface area contributed by atoms with E-state index in [1.165, 1.54) is 17.7 Å². The number of hydrogen-bond donors (Lipinski definition) is 1. The predicted molar refractivity (Wildman–Crippen MR) is 85.7 cm³/mol. The van der Waals surface area contributed by atoms with Crippen LogP contribution in [0, 0.1) is 12.3 Å². The van der Waals surface area contributed by atoms with Crippen molar-refractivity contribution in [2.75, 3.05) is 7.11 Å². The molecule has 0 bridgehead atoms. The number of phenols is 1. The van der Waals surface area contributed by atoms with E-state index >= 15 is 0 Å². The lowest BCUT2D eigenvalue weighted by molar-refractivity contribution is 0.409. The van der Waals surface area contributed by atoms with Crippen molar-refractivity contribution >= 4 is 10.8 Å². The number of hydrogen-bond acceptors (Lipinski definition) is 3. The summed E-state index contributed by atoms with van der Waals surface area (Å²) in [5, 5.41) is 11.0. The number of ether oxygens (including phenoxy) is 1. The molecule has 4 nitrogen and oxygen atoms in total. The van der Waals surface area contributed by atoms with Crippen LogP contribution >= 0.6 is 0 Å². The fourth-order valence-corrected chi connectivity index (χ4v) is 2.40. The van der Waals surface area contributed by atoms with Crippen LogP contribution in [0.25, 0.3) is 16.5 Å². The van der Waals surface area contributed by atoms with E-state index in [1.54, 1.807) is 42.6 Å². The van der Waals surface area contributed by atoms with Crippen molar-refractivity contribution in [1.29, 1.82) is 0 Å². The quantitative estimate of drug-likeness (QED) is 0.739. The van der Waals surface area contributed by atoms with Gasteiger partial charge in [-0.15, -0.1) is 6.42 Å². The Balaban J connectivity index is 2.29. The maximum Gasteiger partial charge on any atom is 0.266 e. The molecule has 1 heterocycles. The van der Waals surface area contributed by atoms with E-state index in [4.69, 9.17) is 11.2 Å². The Bertz CT molecular complexity index is 964. The maximum atomic E-state index is 12.7. The van der Waals surface area contributed by atoms with Crippen LogP contribution in [0.4, 0.5) is 0 Å². The van der Waals surface area contributed by atoms with Crippen LogP contribution in [0.5, 0.6) is 11.5 Å². The van der Waals surface area contributed by atoms with Crippen molar-refractivity contribution in [2.24, 2.45) is 0 Å². The van der Waals surface area contributed by atoms with Gasteiger partial charge in [0.05, 0.1) is 12.5 Å². The molecule has 3 aromatic rings. The van der Waals surface area contributed by atoms with E-state index < -0.39 is 0 Å². The Morgan fingerprint density at radius 2 is 2.05 bits per heavy atom. The molecule has 0 atom stereocenters. The van der Waals surface area contributed by atoms with Gasteiger partial charge in [-0.3, -0.25) is 9.36 Å². The maximum absolute atomic E-state index is 12.7. The zero-order valence-electron chi connectivity index (χ0n) is 11.9. The molecule has 108 valence electrons. The van der Waals surface area contributed by atoms with E-state index in [-0.39, 0.29) is 16.7 Å². The second-order valence-corrected chi connectivity index (χ2v) is 4.80. The summed E-state index contributed by atoms with van der Waals surface area (Å²) in [5.41, 5.74) is 1.02. The first-order valence-corrected chi connectivity index (χ1v) is 6.63. The fourth-order valence-electron chi connectivity index (χ4n) is 2.40. The second kappa shape index (κ2) is 5.30. The molecule has 0 aliphatic rings. The van der Waals surface area contributed by atoms with Gasteiger partial charge in [0.25, 0.3) is 5.56 Å². The summed E-state index contributed by atoms with van der Waals surface area (Å²) in [5.74, 6) is 2.93. The summed E-state index contributed by atoms with van der Waals surface area (Å²) < 4.78 is 6.55. The number of phenolic OH excluding ortho intramolecular Hbond substituents is 1. The Morgan fingerprint density at radius 3 is 2.77 bits per heavy atom. The van der Waals surface area contributed by atoms with Crippen molar-refractivity contribution < 1.29 is 9.84 Å². The molecular weight excluding hydrogens is 278 g/mol. The van der Waals surface area contributed by atoms with Crippen LogP contribution in [-0.2, 0) is 0 Å². The van der Waals surface area contributed by atoms with E-state index in [2.05, 4.69) is 5.92 Å². The van der Waals surface area contributed by atoms with Gasteiger partial charge in [0.1, 0.15) is 11.5 Å². The standard InChI is InChI=1S/C18H13NO3/c1-3-12-5-4-6-14(9-12)19-8-7-13-10-15(22-2)11-16(20)17(13)18(19)21/h1,4-11,20H,2H3. The Kier molecular flexibility index (Phi) is 3.32. The van der Waals surface area contributed by atoms with Crippen molar-refractivity contribution in [3.8, 4) is 29.5 Å². The van der Waals surface area contributed by atoms with Crippen LogP contribution in [-0.4, -0.2) is 16.8 Å². The van der Waals surface area contributed by atoms with Crippen LogP contribution in [0.1, 0.15) is 5.56 Å². The lowest BCUT2D eigenvalue weighted by atomic mass is 10.1. The highest BCUT2D eigenvalue weighted by atomic mass is 16.5. The molecule has 1 aromatic heterocycles. The van der Waals surface area contributed by atoms with Crippen LogP contribution in [0.3, 0.4) is 0 Å². The number of aromatic hydroxyl groups is 1. The van der Waals surface area contributed by atoms with Crippen molar-refractivity contribution in [1.82, 2.24) is 4.57 Å². The SMILES string of the molecule is C#Cc1cccc(-n2ccc3cc(OC)cc(O)c3c2=O)c1. The topological polar surface area (TPSA) is 51.5 Å². The van der Waals surface area contributed by atoms with Gasteiger partial charge in [0.15, 0.2) is 0 Å². The van der Waals surface area contributed by atoms with Crippen LogP contribution in [0.15, 0.2) is 53.5 Å². The molecule has 0 saturated carbocycles. The normalized spacial score (nSPS) is 10.4. The molecule has 22 heavy (non-hydrogen) atoms. The van der Waals surface area contributed by atoms with E-state index in [0.717, 1.165) is 0 Å². The van der Waals surface area contributed by atoms with Gasteiger partial charge in [0.2, 0.25) is 0 Å². The van der Waals surface area contributed by atoms with Gasteiger partial charge in [0, 0.05) is 23.5 Å². The largest absolute Gasteiger partial charge is 0.507 e. The molecule has 0 spiro atoms. The molecule has 0 radical (unpaired) electrons. The van der Waals surface area contributed by atoms with Gasteiger partial charge < -0.3 is 9.84 Å². The fraction of sp³-hybridized carbons (Fsp3) is 0.0556. The third-order valence-corrected chi connectivity index (χ3v) is 3.48. The summed E-state index contributed by atoms with van der Waals surface area (Å²) in [4.78, 5) is 12.7. The highest BCUT2D eigenvalue weighted by Gasteiger charge is 2.11. The van der Waals surface area contributed by atoms with Crippen molar-refractivity contribution in [2.45, 2.75) is 0 Å². The summed E-state index contributed by atoms with van der Waals surface area (Å²) >= 11 is 0. The first kappa shape index (κ1) is 13.8. The van der Waals surface area contributed by atoms with Crippen LogP contribution in [0.2, 0.25) is 0 Å². The molecule has 0 amide bonds. The van der Waals surface area contributed by atoms with E-state index in [9.17, 15) is 9.90 Å². The number of nitrogens with zero attached hydrogens (tertiary/aromatic N) is 1. The first-order chi connectivity index (χ1) is 10.6. The third kappa shape index (κ3) is 2.19. The smallest absolute Gasteiger partial charge is 0.266 e. The summed E-state index contributed by atoms with van der Waals surface area (Å²) in [7, 11) is 1.51. The molecule has 0 fully saturated rings. The predicted octanol–water partition coefficient (Wildman–Crippen LogP) is 2.69. The molecule has 0 saturated heterocycles. The number of benzene rings is 2. The summed E-state index contributed by atoms with van der Waals surface area (Å²) in [6, 6.07) is 12.0. The zero-order chi connectivity index (χ0) is 15.7. The molecule has 2 aromatic carbocycles. The minimum Gasteiger partial charge on any atom is -0.507 e. The number of aromatic nitrogens is 1. The Hall–Kier alpha value is -3.19. The van der Waals surface area contributed by atoms with Crippen molar-refractivity contribution in [3.63, 3.8) is 0 Å². The number of pyridine rings is 1.